The highest BCUT2D eigenvalue weighted by Gasteiger charge is 2.21. The fraction of sp³-hybridized carbons (Fsp3) is 0.538. The van der Waals surface area contributed by atoms with Crippen molar-refractivity contribution in [1.82, 2.24) is 5.32 Å². The maximum Gasteiger partial charge on any atom is 0.161 e. The first-order valence-electron chi connectivity index (χ1n) is 5.89. The number of rotatable bonds is 4. The maximum absolute atomic E-state index is 9.08. The summed E-state index contributed by atoms with van der Waals surface area (Å²) in [4.78, 5) is 0. The Morgan fingerprint density at radius 3 is 2.65 bits per heavy atom. The van der Waals surface area contributed by atoms with Crippen molar-refractivity contribution in [3.63, 3.8) is 0 Å². The third-order valence-electron chi connectivity index (χ3n) is 3.22. The summed E-state index contributed by atoms with van der Waals surface area (Å²) in [5.74, 6) is 1.52. The van der Waals surface area contributed by atoms with Gasteiger partial charge >= 0.3 is 0 Å². The van der Waals surface area contributed by atoms with E-state index in [1.54, 1.807) is 14.2 Å². The van der Waals surface area contributed by atoms with Crippen molar-refractivity contribution in [2.24, 2.45) is 0 Å². The first-order chi connectivity index (χ1) is 8.30. The van der Waals surface area contributed by atoms with Gasteiger partial charge in [0.15, 0.2) is 11.5 Å². The highest BCUT2D eigenvalue weighted by molar-refractivity contribution is 5.49. The molecule has 4 heteroatoms. The second-order valence-electron chi connectivity index (χ2n) is 4.17. The molecule has 1 aromatic rings. The predicted octanol–water partition coefficient (Wildman–Crippen LogP) is 1.27. The number of ether oxygens (including phenoxy) is 2. The summed E-state index contributed by atoms with van der Waals surface area (Å²) < 4.78 is 10.6. The number of nitrogens with one attached hydrogen (secondary N) is 1. The second kappa shape index (κ2) is 5.38. The normalized spacial score (nSPS) is 18.6. The Bertz CT molecular complexity index is 392. The fourth-order valence-electron chi connectivity index (χ4n) is 2.36. The van der Waals surface area contributed by atoms with Crippen LogP contribution in [-0.2, 0) is 6.42 Å². The summed E-state index contributed by atoms with van der Waals surface area (Å²) in [6.07, 6.45) is 1.71. The molecule has 1 aliphatic rings. The third kappa shape index (κ3) is 2.37. The van der Waals surface area contributed by atoms with E-state index in [1.807, 2.05) is 12.1 Å². The smallest absolute Gasteiger partial charge is 0.161 e. The van der Waals surface area contributed by atoms with Crippen molar-refractivity contribution < 1.29 is 14.6 Å². The molecule has 0 aromatic heterocycles. The van der Waals surface area contributed by atoms with Gasteiger partial charge in [0, 0.05) is 12.6 Å². The Morgan fingerprint density at radius 1 is 1.29 bits per heavy atom. The monoisotopic (exact) mass is 237 g/mol. The molecular weight excluding hydrogens is 218 g/mol. The topological polar surface area (TPSA) is 50.7 Å². The van der Waals surface area contributed by atoms with Gasteiger partial charge in [0.25, 0.3) is 0 Å². The molecule has 1 aromatic carbocycles. The maximum atomic E-state index is 9.08. The molecule has 2 rings (SSSR count). The van der Waals surface area contributed by atoms with Crippen LogP contribution < -0.4 is 14.8 Å². The predicted molar refractivity (Wildman–Crippen MR) is 65.7 cm³/mol. The molecule has 0 saturated heterocycles. The Kier molecular flexibility index (Phi) is 3.86. The SMILES string of the molecule is COc1cc2c(cc1OC)[C@@H](CCO)NCC2. The molecule has 0 unspecified atom stereocenters. The van der Waals surface area contributed by atoms with Crippen molar-refractivity contribution in [2.45, 2.75) is 18.9 Å². The molecule has 0 amide bonds. The Hall–Kier alpha value is -1.26. The third-order valence-corrected chi connectivity index (χ3v) is 3.22. The summed E-state index contributed by atoms with van der Waals surface area (Å²) in [5.41, 5.74) is 2.49. The van der Waals surface area contributed by atoms with Crippen LogP contribution in [0.1, 0.15) is 23.6 Å². The second-order valence-corrected chi connectivity index (χ2v) is 4.17. The van der Waals surface area contributed by atoms with Crippen molar-refractivity contribution in [2.75, 3.05) is 27.4 Å². The van der Waals surface area contributed by atoms with Crippen molar-refractivity contribution in [3.8, 4) is 11.5 Å². The highest BCUT2D eigenvalue weighted by Crippen LogP contribution is 2.35. The summed E-state index contributed by atoms with van der Waals surface area (Å²) >= 11 is 0. The zero-order chi connectivity index (χ0) is 12.3. The van der Waals surface area contributed by atoms with Gasteiger partial charge in [-0.2, -0.15) is 0 Å². The molecule has 2 N–H and O–H groups in total. The molecule has 0 saturated carbocycles. The quantitative estimate of drug-likeness (QED) is 0.828. The van der Waals surface area contributed by atoms with Crippen LogP contribution in [0.5, 0.6) is 11.5 Å². The summed E-state index contributed by atoms with van der Waals surface area (Å²) in [7, 11) is 3.29. The molecular formula is C13H19NO3. The lowest BCUT2D eigenvalue weighted by Gasteiger charge is -2.27. The number of hydrogen-bond acceptors (Lipinski definition) is 4. The van der Waals surface area contributed by atoms with Crippen molar-refractivity contribution >= 4 is 0 Å². The van der Waals surface area contributed by atoms with Crippen molar-refractivity contribution in [1.29, 1.82) is 0 Å². The van der Waals surface area contributed by atoms with E-state index in [-0.39, 0.29) is 12.6 Å². The number of benzene rings is 1. The van der Waals surface area contributed by atoms with E-state index in [4.69, 9.17) is 14.6 Å². The lowest BCUT2D eigenvalue weighted by Crippen LogP contribution is -2.30. The minimum atomic E-state index is 0.186. The molecule has 0 spiro atoms. The first-order valence-corrected chi connectivity index (χ1v) is 5.89. The molecule has 4 nitrogen and oxygen atoms in total. The minimum absolute atomic E-state index is 0.186. The van der Waals surface area contributed by atoms with Gasteiger partial charge in [0.2, 0.25) is 0 Å². The van der Waals surface area contributed by atoms with Gasteiger partial charge in [-0.1, -0.05) is 0 Å². The summed E-state index contributed by atoms with van der Waals surface area (Å²) in [6.45, 7) is 1.12. The molecule has 0 aliphatic carbocycles. The van der Waals surface area contributed by atoms with Crippen LogP contribution in [0.3, 0.4) is 0 Å². The summed E-state index contributed by atoms with van der Waals surface area (Å²) in [6, 6.07) is 4.27. The van der Waals surface area contributed by atoms with Crippen LogP contribution >= 0.6 is 0 Å². The van der Waals surface area contributed by atoms with Gasteiger partial charge in [0.05, 0.1) is 14.2 Å². The van der Waals surface area contributed by atoms with Crippen LogP contribution in [-0.4, -0.2) is 32.5 Å². The van der Waals surface area contributed by atoms with Gasteiger partial charge in [-0.25, -0.2) is 0 Å². The molecule has 0 fully saturated rings. The fourth-order valence-corrected chi connectivity index (χ4v) is 2.36. The van der Waals surface area contributed by atoms with Crippen LogP contribution in [0.2, 0.25) is 0 Å². The molecule has 17 heavy (non-hydrogen) atoms. The van der Waals surface area contributed by atoms with E-state index in [9.17, 15) is 0 Å². The molecule has 1 heterocycles. The van der Waals surface area contributed by atoms with Gasteiger partial charge in [-0.15, -0.1) is 0 Å². The molecule has 1 aliphatic heterocycles. The Morgan fingerprint density at radius 2 is 2.00 bits per heavy atom. The molecule has 1 atom stereocenters. The number of aliphatic hydroxyl groups excluding tert-OH is 1. The average molecular weight is 237 g/mol. The zero-order valence-electron chi connectivity index (χ0n) is 10.3. The highest BCUT2D eigenvalue weighted by atomic mass is 16.5. The Labute approximate surface area is 102 Å². The van der Waals surface area contributed by atoms with Gasteiger partial charge < -0.3 is 19.9 Å². The summed E-state index contributed by atoms with van der Waals surface area (Å²) in [5, 5.41) is 12.5. The van der Waals surface area contributed by atoms with E-state index in [0.29, 0.717) is 0 Å². The average Bonchev–Trinajstić information content (AvgIpc) is 2.38. The molecule has 0 bridgehead atoms. The Balaban J connectivity index is 2.39. The zero-order valence-corrected chi connectivity index (χ0v) is 10.3. The molecule has 0 radical (unpaired) electrons. The largest absolute Gasteiger partial charge is 0.493 e. The first kappa shape index (κ1) is 12.2. The van der Waals surface area contributed by atoms with Crippen LogP contribution in [0.25, 0.3) is 0 Å². The van der Waals surface area contributed by atoms with Gasteiger partial charge in [-0.05, 0) is 42.6 Å². The molecule has 94 valence electrons. The lowest BCUT2D eigenvalue weighted by atomic mass is 9.92. The number of hydrogen-bond donors (Lipinski definition) is 2. The van der Waals surface area contributed by atoms with Crippen LogP contribution in [0.15, 0.2) is 12.1 Å². The van der Waals surface area contributed by atoms with E-state index < -0.39 is 0 Å². The lowest BCUT2D eigenvalue weighted by molar-refractivity contribution is 0.262. The van der Waals surface area contributed by atoms with E-state index in [1.165, 1.54) is 11.1 Å². The number of methoxy groups -OCH3 is 2. The van der Waals surface area contributed by atoms with Crippen LogP contribution in [0, 0.1) is 0 Å². The van der Waals surface area contributed by atoms with E-state index in [0.717, 1.165) is 30.9 Å². The van der Waals surface area contributed by atoms with Gasteiger partial charge in [0.1, 0.15) is 0 Å². The van der Waals surface area contributed by atoms with Crippen LogP contribution in [0.4, 0.5) is 0 Å². The minimum Gasteiger partial charge on any atom is -0.493 e. The standard InChI is InChI=1S/C13H19NO3/c1-16-12-7-9-3-5-14-11(4-6-15)10(9)8-13(12)17-2/h7-8,11,14-15H,3-6H2,1-2H3/t11-/m1/s1. The van der Waals surface area contributed by atoms with E-state index in [2.05, 4.69) is 5.32 Å². The number of aliphatic hydroxyl groups is 1. The van der Waals surface area contributed by atoms with E-state index >= 15 is 0 Å². The van der Waals surface area contributed by atoms with Crippen molar-refractivity contribution in [3.05, 3.63) is 23.3 Å². The van der Waals surface area contributed by atoms with Gasteiger partial charge in [-0.3, -0.25) is 0 Å². The number of fused-ring (bicyclic) bond motifs is 1.